The Balaban J connectivity index is 1.83. The van der Waals surface area contributed by atoms with E-state index in [1.807, 2.05) is 14.0 Å². The largest absolute Gasteiger partial charge is 0.370 e. The molecule has 0 aromatic heterocycles. The van der Waals surface area contributed by atoms with E-state index in [4.69, 9.17) is 10.00 Å². The SMILES string of the molecule is CC(C#N)N(C)CC1CCC2(CCCC2)O1. The lowest BCUT2D eigenvalue weighted by Crippen LogP contribution is -2.36. The van der Waals surface area contributed by atoms with E-state index in [1.165, 1.54) is 38.5 Å². The summed E-state index contributed by atoms with van der Waals surface area (Å²) in [4.78, 5) is 2.10. The van der Waals surface area contributed by atoms with Gasteiger partial charge in [-0.2, -0.15) is 5.26 Å². The second-order valence-electron chi connectivity index (χ2n) is 5.41. The van der Waals surface area contributed by atoms with Gasteiger partial charge in [0.05, 0.1) is 23.8 Å². The van der Waals surface area contributed by atoms with Gasteiger partial charge < -0.3 is 4.74 Å². The second-order valence-corrected chi connectivity index (χ2v) is 5.41. The fourth-order valence-electron chi connectivity index (χ4n) is 2.99. The third-order valence-corrected chi connectivity index (χ3v) is 4.19. The minimum atomic E-state index is -0.0104. The zero-order chi connectivity index (χ0) is 11.6. The maximum atomic E-state index is 8.85. The molecule has 16 heavy (non-hydrogen) atoms. The summed E-state index contributed by atoms with van der Waals surface area (Å²) in [6.45, 7) is 2.84. The molecule has 0 aromatic carbocycles. The number of nitriles is 1. The summed E-state index contributed by atoms with van der Waals surface area (Å²) in [7, 11) is 2.01. The fraction of sp³-hybridized carbons (Fsp3) is 0.923. The van der Waals surface area contributed by atoms with Crippen LogP contribution < -0.4 is 0 Å². The van der Waals surface area contributed by atoms with E-state index in [0.717, 1.165) is 6.54 Å². The summed E-state index contributed by atoms with van der Waals surface area (Å²) >= 11 is 0. The van der Waals surface area contributed by atoms with Gasteiger partial charge >= 0.3 is 0 Å². The number of hydrogen-bond donors (Lipinski definition) is 0. The molecule has 90 valence electrons. The van der Waals surface area contributed by atoms with Crippen LogP contribution in [0.2, 0.25) is 0 Å². The first kappa shape index (κ1) is 11.9. The number of ether oxygens (including phenoxy) is 1. The molecule has 0 amide bonds. The van der Waals surface area contributed by atoms with Crippen molar-refractivity contribution in [3.63, 3.8) is 0 Å². The summed E-state index contributed by atoms with van der Waals surface area (Å²) in [5, 5.41) is 8.85. The van der Waals surface area contributed by atoms with Crippen molar-refractivity contribution in [2.75, 3.05) is 13.6 Å². The first-order chi connectivity index (χ1) is 7.65. The highest BCUT2D eigenvalue weighted by Crippen LogP contribution is 2.43. The Morgan fingerprint density at radius 2 is 2.12 bits per heavy atom. The topological polar surface area (TPSA) is 36.3 Å². The van der Waals surface area contributed by atoms with Gasteiger partial charge in [0.15, 0.2) is 0 Å². The maximum Gasteiger partial charge on any atom is 0.0947 e. The van der Waals surface area contributed by atoms with Gasteiger partial charge in [0, 0.05) is 6.54 Å². The van der Waals surface area contributed by atoms with Crippen LogP contribution in [0.15, 0.2) is 0 Å². The predicted octanol–water partition coefficient (Wildman–Crippen LogP) is 2.32. The average Bonchev–Trinajstić information content (AvgIpc) is 2.89. The van der Waals surface area contributed by atoms with Crippen molar-refractivity contribution in [3.05, 3.63) is 0 Å². The smallest absolute Gasteiger partial charge is 0.0947 e. The highest BCUT2D eigenvalue weighted by Gasteiger charge is 2.42. The van der Waals surface area contributed by atoms with Crippen molar-refractivity contribution in [2.24, 2.45) is 0 Å². The molecule has 2 fully saturated rings. The van der Waals surface area contributed by atoms with Gasteiger partial charge in [-0.1, -0.05) is 12.8 Å². The molecular formula is C13H22N2O. The number of hydrogen-bond acceptors (Lipinski definition) is 3. The molecule has 3 nitrogen and oxygen atoms in total. The van der Waals surface area contributed by atoms with Crippen LogP contribution in [0.5, 0.6) is 0 Å². The van der Waals surface area contributed by atoms with E-state index in [0.29, 0.717) is 6.10 Å². The van der Waals surface area contributed by atoms with E-state index in [9.17, 15) is 0 Å². The molecule has 2 aliphatic rings. The summed E-state index contributed by atoms with van der Waals surface area (Å²) in [6, 6.07) is 2.26. The molecule has 1 spiro atoms. The molecule has 1 saturated heterocycles. The minimum absolute atomic E-state index is 0.0104. The first-order valence-corrected chi connectivity index (χ1v) is 6.43. The van der Waals surface area contributed by atoms with Crippen LogP contribution in [0, 0.1) is 11.3 Å². The van der Waals surface area contributed by atoms with Crippen LogP contribution in [0.4, 0.5) is 0 Å². The average molecular weight is 222 g/mol. The van der Waals surface area contributed by atoms with Crippen LogP contribution in [-0.4, -0.2) is 36.2 Å². The molecule has 3 heteroatoms. The second kappa shape index (κ2) is 4.73. The van der Waals surface area contributed by atoms with Gasteiger partial charge in [-0.05, 0) is 39.7 Å². The van der Waals surface area contributed by atoms with Gasteiger partial charge in [0.2, 0.25) is 0 Å². The molecule has 0 radical (unpaired) electrons. The Morgan fingerprint density at radius 1 is 1.44 bits per heavy atom. The third kappa shape index (κ3) is 2.39. The van der Waals surface area contributed by atoms with Crippen molar-refractivity contribution >= 4 is 0 Å². The summed E-state index contributed by atoms with van der Waals surface area (Å²) in [5.41, 5.74) is 0.224. The van der Waals surface area contributed by atoms with Crippen LogP contribution in [0.3, 0.4) is 0 Å². The van der Waals surface area contributed by atoms with E-state index in [-0.39, 0.29) is 11.6 Å². The van der Waals surface area contributed by atoms with E-state index < -0.39 is 0 Å². The van der Waals surface area contributed by atoms with Gasteiger partial charge in [-0.15, -0.1) is 0 Å². The lowest BCUT2D eigenvalue weighted by molar-refractivity contribution is -0.0463. The minimum Gasteiger partial charge on any atom is -0.370 e. The first-order valence-electron chi connectivity index (χ1n) is 6.43. The van der Waals surface area contributed by atoms with Crippen molar-refractivity contribution in [1.29, 1.82) is 5.26 Å². The van der Waals surface area contributed by atoms with Gasteiger partial charge in [-0.25, -0.2) is 0 Å². The van der Waals surface area contributed by atoms with Crippen LogP contribution in [-0.2, 0) is 4.74 Å². The number of rotatable bonds is 3. The van der Waals surface area contributed by atoms with E-state index in [1.54, 1.807) is 0 Å². The summed E-state index contributed by atoms with van der Waals surface area (Å²) < 4.78 is 6.22. The lowest BCUT2D eigenvalue weighted by Gasteiger charge is -2.27. The Kier molecular flexibility index (Phi) is 3.51. The Labute approximate surface area is 98.4 Å². The zero-order valence-electron chi connectivity index (χ0n) is 10.4. The fourth-order valence-corrected chi connectivity index (χ4v) is 2.99. The zero-order valence-corrected chi connectivity index (χ0v) is 10.4. The quantitative estimate of drug-likeness (QED) is 0.735. The molecule has 0 aromatic rings. The van der Waals surface area contributed by atoms with Gasteiger partial charge in [-0.3, -0.25) is 4.90 Å². The molecule has 0 bridgehead atoms. The maximum absolute atomic E-state index is 8.85. The van der Waals surface area contributed by atoms with Crippen molar-refractivity contribution in [1.82, 2.24) is 4.90 Å². The van der Waals surface area contributed by atoms with Crippen molar-refractivity contribution < 1.29 is 4.74 Å². The van der Waals surface area contributed by atoms with Crippen LogP contribution in [0.25, 0.3) is 0 Å². The third-order valence-electron chi connectivity index (χ3n) is 4.19. The standard InChI is InChI=1S/C13H22N2O/c1-11(9-14)15(2)10-12-5-8-13(16-12)6-3-4-7-13/h11-12H,3-8,10H2,1-2H3. The normalized spacial score (nSPS) is 29.8. The van der Waals surface area contributed by atoms with Crippen LogP contribution >= 0.6 is 0 Å². The molecule has 2 unspecified atom stereocenters. The van der Waals surface area contributed by atoms with Gasteiger partial charge in [0.25, 0.3) is 0 Å². The molecular weight excluding hydrogens is 200 g/mol. The Hall–Kier alpha value is -0.590. The highest BCUT2D eigenvalue weighted by molar-refractivity contribution is 4.94. The summed E-state index contributed by atoms with van der Waals surface area (Å²) in [5.74, 6) is 0. The van der Waals surface area contributed by atoms with Crippen molar-refractivity contribution in [2.45, 2.75) is 63.2 Å². The number of likely N-dealkylation sites (N-methyl/N-ethyl adjacent to an activating group) is 1. The van der Waals surface area contributed by atoms with Gasteiger partial charge in [0.1, 0.15) is 0 Å². The molecule has 0 N–H and O–H groups in total. The Morgan fingerprint density at radius 3 is 2.75 bits per heavy atom. The molecule has 1 heterocycles. The highest BCUT2D eigenvalue weighted by atomic mass is 16.5. The van der Waals surface area contributed by atoms with E-state index in [2.05, 4.69) is 11.0 Å². The predicted molar refractivity (Wildman–Crippen MR) is 63.0 cm³/mol. The Bertz CT molecular complexity index is 278. The molecule has 1 aliphatic carbocycles. The summed E-state index contributed by atoms with van der Waals surface area (Å²) in [6.07, 6.45) is 7.91. The molecule has 2 atom stereocenters. The molecule has 2 rings (SSSR count). The molecule has 1 aliphatic heterocycles. The lowest BCUT2D eigenvalue weighted by atomic mass is 9.98. The van der Waals surface area contributed by atoms with Crippen LogP contribution in [0.1, 0.15) is 45.4 Å². The van der Waals surface area contributed by atoms with E-state index >= 15 is 0 Å². The molecule has 1 saturated carbocycles. The monoisotopic (exact) mass is 222 g/mol. The van der Waals surface area contributed by atoms with Crippen molar-refractivity contribution in [3.8, 4) is 6.07 Å². The number of nitrogens with zero attached hydrogens (tertiary/aromatic N) is 2.